The summed E-state index contributed by atoms with van der Waals surface area (Å²) in [5.41, 5.74) is 0. The fourth-order valence-electron chi connectivity index (χ4n) is 3.05. The summed E-state index contributed by atoms with van der Waals surface area (Å²) in [6.07, 6.45) is 3.85. The second-order valence-corrected chi connectivity index (χ2v) is 5.74. The van der Waals surface area contributed by atoms with E-state index in [4.69, 9.17) is 0 Å². The number of likely N-dealkylation sites (tertiary alicyclic amines) is 1. The molecule has 0 bridgehead atoms. The first-order valence-electron chi connectivity index (χ1n) is 8.66. The topological polar surface area (TPSA) is 42.9 Å². The first-order valence-corrected chi connectivity index (χ1v) is 8.66. The molecule has 0 spiro atoms. The van der Waals surface area contributed by atoms with Crippen molar-refractivity contribution in [3.63, 3.8) is 0 Å². The summed E-state index contributed by atoms with van der Waals surface area (Å²) in [5, 5.41) is 6.91. The van der Waals surface area contributed by atoms with Gasteiger partial charge in [0.25, 0.3) is 0 Å². The van der Waals surface area contributed by atoms with Crippen molar-refractivity contribution < 1.29 is 0 Å². The molecule has 0 aliphatic carbocycles. The summed E-state index contributed by atoms with van der Waals surface area (Å²) in [4.78, 5) is 9.35. The lowest BCUT2D eigenvalue weighted by atomic mass is 10.2. The molecule has 0 saturated carbocycles. The maximum atomic E-state index is 4.33. The normalized spacial score (nSPS) is 20.2. The Bertz CT molecular complexity index is 292. The Morgan fingerprint density at radius 1 is 1.24 bits per heavy atom. The highest BCUT2D eigenvalue weighted by atomic mass is 15.2. The van der Waals surface area contributed by atoms with Crippen LogP contribution in [0.5, 0.6) is 0 Å². The molecule has 5 heteroatoms. The van der Waals surface area contributed by atoms with Crippen molar-refractivity contribution in [2.45, 2.75) is 46.1 Å². The lowest BCUT2D eigenvalue weighted by Gasteiger charge is -2.24. The Morgan fingerprint density at radius 2 is 2.05 bits per heavy atom. The first-order chi connectivity index (χ1) is 10.2. The van der Waals surface area contributed by atoms with Crippen molar-refractivity contribution in [2.75, 3.05) is 52.9 Å². The molecule has 21 heavy (non-hydrogen) atoms. The smallest absolute Gasteiger partial charge is 0.191 e. The lowest BCUT2D eigenvalue weighted by Crippen LogP contribution is -2.46. The monoisotopic (exact) mass is 297 g/mol. The van der Waals surface area contributed by atoms with Crippen molar-refractivity contribution in [3.05, 3.63) is 0 Å². The van der Waals surface area contributed by atoms with Crippen LogP contribution < -0.4 is 10.6 Å². The van der Waals surface area contributed by atoms with E-state index in [1.807, 2.05) is 7.05 Å². The Morgan fingerprint density at radius 3 is 2.67 bits per heavy atom. The third-order valence-electron chi connectivity index (χ3n) is 4.34. The molecule has 1 unspecified atom stereocenters. The number of likely N-dealkylation sites (N-methyl/N-ethyl adjacent to an activating group) is 2. The van der Waals surface area contributed by atoms with E-state index in [1.165, 1.54) is 32.4 Å². The van der Waals surface area contributed by atoms with E-state index in [1.54, 1.807) is 0 Å². The number of guanidine groups is 1. The number of rotatable bonds is 9. The van der Waals surface area contributed by atoms with E-state index < -0.39 is 0 Å². The van der Waals surface area contributed by atoms with Crippen LogP contribution in [0.2, 0.25) is 0 Å². The molecule has 0 radical (unpaired) electrons. The van der Waals surface area contributed by atoms with Crippen molar-refractivity contribution in [3.8, 4) is 0 Å². The van der Waals surface area contributed by atoms with Gasteiger partial charge in [-0.2, -0.15) is 0 Å². The minimum atomic E-state index is 0.667. The van der Waals surface area contributed by atoms with E-state index in [0.29, 0.717) is 6.04 Å². The van der Waals surface area contributed by atoms with Gasteiger partial charge in [-0.05, 0) is 45.4 Å². The van der Waals surface area contributed by atoms with Crippen molar-refractivity contribution in [2.24, 2.45) is 4.99 Å². The molecular weight excluding hydrogens is 262 g/mol. The Hall–Kier alpha value is -0.810. The zero-order valence-corrected chi connectivity index (χ0v) is 14.5. The molecule has 1 fully saturated rings. The van der Waals surface area contributed by atoms with Crippen LogP contribution in [0.25, 0.3) is 0 Å². The maximum absolute atomic E-state index is 4.33. The number of nitrogens with one attached hydrogen (secondary N) is 2. The summed E-state index contributed by atoms with van der Waals surface area (Å²) in [5.74, 6) is 0.936. The standard InChI is InChI=1S/C16H35N5/c1-5-11-20(6-2)13-10-18-16(17-4)19-14-15-9-8-12-21(15)7-3/h15H,5-14H2,1-4H3,(H2,17,18,19). The SMILES string of the molecule is CCCN(CC)CCNC(=NC)NCC1CCCN1CC. The van der Waals surface area contributed by atoms with Gasteiger partial charge in [-0.3, -0.25) is 9.89 Å². The summed E-state index contributed by atoms with van der Waals surface area (Å²) in [6, 6.07) is 0.667. The highest BCUT2D eigenvalue weighted by molar-refractivity contribution is 5.79. The van der Waals surface area contributed by atoms with Gasteiger partial charge in [0.15, 0.2) is 5.96 Å². The quantitative estimate of drug-likeness (QED) is 0.498. The van der Waals surface area contributed by atoms with Crippen LogP contribution >= 0.6 is 0 Å². The van der Waals surface area contributed by atoms with Gasteiger partial charge in [-0.1, -0.05) is 20.8 Å². The largest absolute Gasteiger partial charge is 0.355 e. The van der Waals surface area contributed by atoms with Crippen LogP contribution in [0.15, 0.2) is 4.99 Å². The predicted molar refractivity (Wildman–Crippen MR) is 92.0 cm³/mol. The Balaban J connectivity index is 2.23. The van der Waals surface area contributed by atoms with Gasteiger partial charge in [-0.25, -0.2) is 0 Å². The van der Waals surface area contributed by atoms with Gasteiger partial charge in [0, 0.05) is 32.7 Å². The van der Waals surface area contributed by atoms with Gasteiger partial charge in [-0.15, -0.1) is 0 Å². The molecule has 0 aromatic heterocycles. The summed E-state index contributed by atoms with van der Waals surface area (Å²) in [6.45, 7) is 14.4. The molecule has 2 N–H and O–H groups in total. The minimum Gasteiger partial charge on any atom is -0.355 e. The molecule has 1 saturated heterocycles. The molecule has 1 atom stereocenters. The average Bonchev–Trinajstić information content (AvgIpc) is 2.97. The Labute approximate surface area is 131 Å². The van der Waals surface area contributed by atoms with E-state index >= 15 is 0 Å². The fourth-order valence-corrected chi connectivity index (χ4v) is 3.05. The highest BCUT2D eigenvalue weighted by Gasteiger charge is 2.22. The molecule has 5 nitrogen and oxygen atoms in total. The summed E-state index contributed by atoms with van der Waals surface area (Å²) in [7, 11) is 1.85. The molecule has 0 aromatic carbocycles. The predicted octanol–water partition coefficient (Wildman–Crippen LogP) is 1.37. The number of nitrogens with zero attached hydrogens (tertiary/aromatic N) is 3. The Kier molecular flexibility index (Phi) is 9.42. The molecular formula is C16H35N5. The van der Waals surface area contributed by atoms with Crippen molar-refractivity contribution in [1.82, 2.24) is 20.4 Å². The van der Waals surface area contributed by atoms with Crippen molar-refractivity contribution in [1.29, 1.82) is 0 Å². The lowest BCUT2D eigenvalue weighted by molar-refractivity contribution is 0.266. The number of aliphatic imine (C=N–C) groups is 1. The second-order valence-electron chi connectivity index (χ2n) is 5.74. The van der Waals surface area contributed by atoms with Gasteiger partial charge >= 0.3 is 0 Å². The van der Waals surface area contributed by atoms with Gasteiger partial charge in [0.2, 0.25) is 0 Å². The summed E-state index contributed by atoms with van der Waals surface area (Å²) < 4.78 is 0. The fraction of sp³-hybridized carbons (Fsp3) is 0.938. The zero-order chi connectivity index (χ0) is 15.5. The number of hydrogen-bond acceptors (Lipinski definition) is 3. The van der Waals surface area contributed by atoms with Crippen LogP contribution in [-0.2, 0) is 0 Å². The molecule has 0 amide bonds. The van der Waals surface area contributed by atoms with E-state index in [-0.39, 0.29) is 0 Å². The maximum Gasteiger partial charge on any atom is 0.191 e. The molecule has 1 heterocycles. The van der Waals surface area contributed by atoms with Crippen molar-refractivity contribution >= 4 is 5.96 Å². The third-order valence-corrected chi connectivity index (χ3v) is 4.34. The zero-order valence-electron chi connectivity index (χ0n) is 14.5. The minimum absolute atomic E-state index is 0.667. The molecule has 0 aromatic rings. The molecule has 1 aliphatic heterocycles. The summed E-state index contributed by atoms with van der Waals surface area (Å²) >= 11 is 0. The molecule has 1 rings (SSSR count). The average molecular weight is 297 g/mol. The van der Waals surface area contributed by atoms with E-state index in [2.05, 4.69) is 46.2 Å². The van der Waals surface area contributed by atoms with E-state index in [0.717, 1.165) is 38.7 Å². The molecule has 1 aliphatic rings. The van der Waals surface area contributed by atoms with Crippen LogP contribution in [0, 0.1) is 0 Å². The van der Waals surface area contributed by atoms with Gasteiger partial charge in [0.05, 0.1) is 0 Å². The van der Waals surface area contributed by atoms with Crippen LogP contribution in [0.4, 0.5) is 0 Å². The van der Waals surface area contributed by atoms with Gasteiger partial charge in [0.1, 0.15) is 0 Å². The third kappa shape index (κ3) is 6.66. The first kappa shape index (κ1) is 18.2. The van der Waals surface area contributed by atoms with E-state index in [9.17, 15) is 0 Å². The van der Waals surface area contributed by atoms with Crippen LogP contribution in [0.3, 0.4) is 0 Å². The number of hydrogen-bond donors (Lipinski definition) is 2. The van der Waals surface area contributed by atoms with Crippen LogP contribution in [-0.4, -0.2) is 74.7 Å². The van der Waals surface area contributed by atoms with Gasteiger partial charge < -0.3 is 15.5 Å². The molecule has 124 valence electrons. The second kappa shape index (κ2) is 10.9. The highest BCUT2D eigenvalue weighted by Crippen LogP contribution is 2.15. The van der Waals surface area contributed by atoms with Crippen LogP contribution in [0.1, 0.15) is 40.0 Å².